The number of halogens is 1. The molecule has 2 heteroatoms. The Morgan fingerprint density at radius 2 is 1.68 bits per heavy atom. The second-order valence-electron chi connectivity index (χ2n) is 5.24. The van der Waals surface area contributed by atoms with Crippen molar-refractivity contribution in [2.75, 3.05) is 0 Å². The van der Waals surface area contributed by atoms with Gasteiger partial charge in [-0.3, -0.25) is 0 Å². The molecule has 0 heterocycles. The van der Waals surface area contributed by atoms with Crippen molar-refractivity contribution in [2.24, 2.45) is 5.92 Å². The zero-order chi connectivity index (χ0) is 13.2. The molecule has 0 saturated heterocycles. The third-order valence-corrected chi connectivity index (χ3v) is 4.06. The van der Waals surface area contributed by atoms with Crippen LogP contribution < -0.4 is 0 Å². The number of rotatable bonds is 2. The number of aliphatic hydroxyl groups excluding tert-OH is 1. The van der Waals surface area contributed by atoms with Gasteiger partial charge >= 0.3 is 0 Å². The summed E-state index contributed by atoms with van der Waals surface area (Å²) in [5.74, 6) is -0.208. The molecule has 1 aliphatic rings. The first-order valence-corrected chi connectivity index (χ1v) is 6.75. The van der Waals surface area contributed by atoms with Crippen LogP contribution >= 0.6 is 0 Å². The fourth-order valence-corrected chi connectivity index (χ4v) is 2.96. The van der Waals surface area contributed by atoms with E-state index >= 15 is 0 Å². The predicted octanol–water partition coefficient (Wildman–Crippen LogP) is 3.66. The highest BCUT2D eigenvalue weighted by atomic mass is 19.1. The minimum atomic E-state index is -0.713. The van der Waals surface area contributed by atoms with Crippen molar-refractivity contribution < 1.29 is 9.50 Å². The zero-order valence-corrected chi connectivity index (χ0v) is 10.7. The van der Waals surface area contributed by atoms with Gasteiger partial charge in [-0.1, -0.05) is 42.5 Å². The third kappa shape index (κ3) is 2.41. The molecule has 3 rings (SSSR count). The number of hydrogen-bond acceptors (Lipinski definition) is 1. The molecular weight excluding hydrogens is 239 g/mol. The van der Waals surface area contributed by atoms with E-state index in [1.165, 1.54) is 17.2 Å². The number of aryl methyl sites for hydroxylation is 1. The zero-order valence-electron chi connectivity index (χ0n) is 10.7. The lowest BCUT2D eigenvalue weighted by Gasteiger charge is -2.28. The lowest BCUT2D eigenvalue weighted by atomic mass is 9.79. The third-order valence-electron chi connectivity index (χ3n) is 4.06. The van der Waals surface area contributed by atoms with Gasteiger partial charge in [0.05, 0.1) is 6.10 Å². The molecule has 0 saturated carbocycles. The van der Waals surface area contributed by atoms with E-state index in [9.17, 15) is 9.50 Å². The first-order valence-electron chi connectivity index (χ1n) is 6.75. The van der Waals surface area contributed by atoms with Crippen molar-refractivity contribution in [3.05, 3.63) is 71.0 Å². The van der Waals surface area contributed by atoms with Gasteiger partial charge in [-0.25, -0.2) is 4.39 Å². The Kier molecular flexibility index (Phi) is 3.34. The first-order chi connectivity index (χ1) is 9.25. The Balaban J connectivity index is 1.83. The largest absolute Gasteiger partial charge is 0.388 e. The average molecular weight is 256 g/mol. The highest BCUT2D eigenvalue weighted by Gasteiger charge is 2.27. The molecule has 19 heavy (non-hydrogen) atoms. The molecule has 0 fully saturated rings. The van der Waals surface area contributed by atoms with Crippen LogP contribution in [0, 0.1) is 11.7 Å². The molecule has 2 aromatic carbocycles. The summed E-state index contributed by atoms with van der Waals surface area (Å²) in [6, 6.07) is 14.8. The molecule has 0 radical (unpaired) electrons. The van der Waals surface area contributed by atoms with E-state index in [4.69, 9.17) is 0 Å². The molecule has 0 amide bonds. The molecule has 0 spiro atoms. The lowest BCUT2D eigenvalue weighted by molar-refractivity contribution is 0.0959. The van der Waals surface area contributed by atoms with Crippen LogP contribution in [-0.2, 0) is 12.8 Å². The summed E-state index contributed by atoms with van der Waals surface area (Å²) in [7, 11) is 0. The predicted molar refractivity (Wildman–Crippen MR) is 73.3 cm³/mol. The molecule has 0 aromatic heterocycles. The van der Waals surface area contributed by atoms with Crippen LogP contribution in [0.25, 0.3) is 0 Å². The Labute approximate surface area is 112 Å². The summed E-state index contributed by atoms with van der Waals surface area (Å²) < 4.78 is 13.7. The molecule has 2 atom stereocenters. The molecule has 0 aliphatic heterocycles. The SMILES string of the molecule is OC(c1ccccc1F)C1CCc2ccccc2C1. The summed E-state index contributed by atoms with van der Waals surface area (Å²) in [6.07, 6.45) is 1.99. The fourth-order valence-electron chi connectivity index (χ4n) is 2.96. The normalized spacial score (nSPS) is 19.8. The minimum absolute atomic E-state index is 0.104. The highest BCUT2D eigenvalue weighted by Crippen LogP contribution is 2.34. The van der Waals surface area contributed by atoms with Gasteiger partial charge in [0.25, 0.3) is 0 Å². The van der Waals surface area contributed by atoms with Gasteiger partial charge in [-0.15, -0.1) is 0 Å². The smallest absolute Gasteiger partial charge is 0.129 e. The number of fused-ring (bicyclic) bond motifs is 1. The quantitative estimate of drug-likeness (QED) is 0.869. The van der Waals surface area contributed by atoms with Crippen molar-refractivity contribution in [2.45, 2.75) is 25.4 Å². The number of hydrogen-bond donors (Lipinski definition) is 1. The van der Waals surface area contributed by atoms with Gasteiger partial charge in [0.1, 0.15) is 5.82 Å². The highest BCUT2D eigenvalue weighted by molar-refractivity contribution is 5.31. The van der Waals surface area contributed by atoms with Crippen LogP contribution in [-0.4, -0.2) is 5.11 Å². The lowest BCUT2D eigenvalue weighted by Crippen LogP contribution is -2.21. The Bertz CT molecular complexity index is 579. The van der Waals surface area contributed by atoms with Crippen LogP contribution in [0.15, 0.2) is 48.5 Å². The summed E-state index contributed by atoms with van der Waals surface area (Å²) in [4.78, 5) is 0. The molecule has 1 N–H and O–H groups in total. The Hall–Kier alpha value is -1.67. The maximum atomic E-state index is 13.7. The van der Waals surface area contributed by atoms with Crippen LogP contribution in [0.2, 0.25) is 0 Å². The van der Waals surface area contributed by atoms with Crippen molar-refractivity contribution in [1.82, 2.24) is 0 Å². The molecule has 1 aliphatic carbocycles. The molecule has 98 valence electrons. The second-order valence-corrected chi connectivity index (χ2v) is 5.24. The van der Waals surface area contributed by atoms with Gasteiger partial charge in [0.2, 0.25) is 0 Å². The summed E-state index contributed by atoms with van der Waals surface area (Å²) in [6.45, 7) is 0. The second kappa shape index (κ2) is 5.14. The molecular formula is C17H17FO. The van der Waals surface area contributed by atoms with E-state index in [1.807, 2.05) is 12.1 Å². The van der Waals surface area contributed by atoms with Crippen LogP contribution in [0.1, 0.15) is 29.2 Å². The maximum absolute atomic E-state index is 13.7. The number of benzene rings is 2. The maximum Gasteiger partial charge on any atom is 0.129 e. The molecule has 0 bridgehead atoms. The van der Waals surface area contributed by atoms with E-state index in [0.29, 0.717) is 5.56 Å². The van der Waals surface area contributed by atoms with E-state index in [1.54, 1.807) is 18.2 Å². The number of aliphatic hydroxyl groups is 1. The van der Waals surface area contributed by atoms with Crippen molar-refractivity contribution in [3.8, 4) is 0 Å². The minimum Gasteiger partial charge on any atom is -0.388 e. The van der Waals surface area contributed by atoms with E-state index in [2.05, 4.69) is 12.1 Å². The standard InChI is InChI=1S/C17H17FO/c18-16-8-4-3-7-15(16)17(19)14-10-9-12-5-1-2-6-13(12)11-14/h1-8,14,17,19H,9-11H2. The van der Waals surface area contributed by atoms with E-state index < -0.39 is 6.10 Å². The van der Waals surface area contributed by atoms with Gasteiger partial charge in [0.15, 0.2) is 0 Å². The van der Waals surface area contributed by atoms with E-state index in [0.717, 1.165) is 19.3 Å². The summed E-state index contributed by atoms with van der Waals surface area (Å²) in [5.41, 5.74) is 3.07. The van der Waals surface area contributed by atoms with Crippen molar-refractivity contribution in [3.63, 3.8) is 0 Å². The summed E-state index contributed by atoms with van der Waals surface area (Å²) in [5, 5.41) is 10.4. The topological polar surface area (TPSA) is 20.2 Å². The Morgan fingerprint density at radius 3 is 2.47 bits per heavy atom. The van der Waals surface area contributed by atoms with Gasteiger partial charge < -0.3 is 5.11 Å². The van der Waals surface area contributed by atoms with Gasteiger partial charge in [-0.05, 0) is 42.4 Å². The van der Waals surface area contributed by atoms with Crippen LogP contribution in [0.4, 0.5) is 4.39 Å². The average Bonchev–Trinajstić information content (AvgIpc) is 2.46. The molecule has 2 aromatic rings. The molecule has 1 nitrogen and oxygen atoms in total. The first kappa shape index (κ1) is 12.4. The van der Waals surface area contributed by atoms with Crippen molar-refractivity contribution >= 4 is 0 Å². The Morgan fingerprint density at radius 1 is 1.00 bits per heavy atom. The summed E-state index contributed by atoms with van der Waals surface area (Å²) >= 11 is 0. The molecule has 2 unspecified atom stereocenters. The van der Waals surface area contributed by atoms with Gasteiger partial charge in [0, 0.05) is 5.56 Å². The van der Waals surface area contributed by atoms with Crippen LogP contribution in [0.5, 0.6) is 0 Å². The van der Waals surface area contributed by atoms with Crippen LogP contribution in [0.3, 0.4) is 0 Å². The van der Waals surface area contributed by atoms with Gasteiger partial charge in [-0.2, -0.15) is 0 Å². The monoisotopic (exact) mass is 256 g/mol. The van der Waals surface area contributed by atoms with Crippen molar-refractivity contribution in [1.29, 1.82) is 0 Å². The van der Waals surface area contributed by atoms with E-state index in [-0.39, 0.29) is 11.7 Å². The fraction of sp³-hybridized carbons (Fsp3) is 0.294.